The van der Waals surface area contributed by atoms with Crippen LogP contribution in [0.15, 0.2) is 29.3 Å². The van der Waals surface area contributed by atoms with E-state index in [1.807, 2.05) is 31.3 Å². The van der Waals surface area contributed by atoms with Gasteiger partial charge in [0.1, 0.15) is 0 Å². The van der Waals surface area contributed by atoms with Gasteiger partial charge in [-0.15, -0.1) is 24.0 Å². The van der Waals surface area contributed by atoms with Gasteiger partial charge in [-0.2, -0.15) is 0 Å². The van der Waals surface area contributed by atoms with Crippen molar-refractivity contribution in [3.05, 3.63) is 29.8 Å². The van der Waals surface area contributed by atoms with Crippen LogP contribution in [0.25, 0.3) is 0 Å². The van der Waals surface area contributed by atoms with E-state index < -0.39 is 0 Å². The summed E-state index contributed by atoms with van der Waals surface area (Å²) >= 11 is 0. The standard InChI is InChI=1S/C21H31N5O.HI/c1-22-21(24-15-11-13-26(14-15)16-6-2-3-7-16)23-12-10-18-17-8-4-5-9-19(17)25-20(18)27;/h4-5,8-9,15-16,18H,2-3,6-7,10-14H2,1H3,(H,25,27)(H2,22,23,24);1H. The van der Waals surface area contributed by atoms with Gasteiger partial charge >= 0.3 is 0 Å². The van der Waals surface area contributed by atoms with Gasteiger partial charge in [-0.1, -0.05) is 31.0 Å². The maximum Gasteiger partial charge on any atom is 0.232 e. The lowest BCUT2D eigenvalue weighted by molar-refractivity contribution is -0.117. The van der Waals surface area contributed by atoms with E-state index in [-0.39, 0.29) is 35.8 Å². The highest BCUT2D eigenvalue weighted by atomic mass is 127. The highest BCUT2D eigenvalue weighted by Crippen LogP contribution is 2.33. The van der Waals surface area contributed by atoms with Gasteiger partial charge in [0.25, 0.3) is 0 Å². The predicted octanol–water partition coefficient (Wildman–Crippen LogP) is 2.91. The van der Waals surface area contributed by atoms with Gasteiger partial charge in [-0.25, -0.2) is 0 Å². The van der Waals surface area contributed by atoms with Crippen LogP contribution in [0, 0.1) is 0 Å². The van der Waals surface area contributed by atoms with Crippen molar-refractivity contribution in [3.63, 3.8) is 0 Å². The second-order valence-corrected chi connectivity index (χ2v) is 7.98. The number of amides is 1. The van der Waals surface area contributed by atoms with Gasteiger partial charge in [0, 0.05) is 44.5 Å². The zero-order valence-corrected chi connectivity index (χ0v) is 18.9. The molecule has 154 valence electrons. The van der Waals surface area contributed by atoms with Crippen LogP contribution in [-0.4, -0.2) is 55.5 Å². The highest BCUT2D eigenvalue weighted by Gasteiger charge is 2.31. The number of hydrogen-bond donors (Lipinski definition) is 3. The van der Waals surface area contributed by atoms with Crippen LogP contribution in [0.5, 0.6) is 0 Å². The number of carbonyl (C=O) groups is 1. The van der Waals surface area contributed by atoms with Gasteiger partial charge < -0.3 is 16.0 Å². The number of guanidine groups is 1. The summed E-state index contributed by atoms with van der Waals surface area (Å²) < 4.78 is 0. The minimum atomic E-state index is -0.0730. The first-order valence-electron chi connectivity index (χ1n) is 10.4. The molecule has 1 aliphatic carbocycles. The van der Waals surface area contributed by atoms with Crippen molar-refractivity contribution in [2.45, 2.75) is 56.5 Å². The summed E-state index contributed by atoms with van der Waals surface area (Å²) in [5.41, 5.74) is 2.06. The summed E-state index contributed by atoms with van der Waals surface area (Å²) in [6.45, 7) is 3.04. The van der Waals surface area contributed by atoms with Crippen molar-refractivity contribution in [2.24, 2.45) is 4.99 Å². The Hall–Kier alpha value is -1.35. The number of nitrogens with one attached hydrogen (secondary N) is 3. The Morgan fingerprint density at radius 2 is 2.04 bits per heavy atom. The van der Waals surface area contributed by atoms with Gasteiger partial charge in [0.2, 0.25) is 5.91 Å². The Morgan fingerprint density at radius 3 is 2.82 bits per heavy atom. The van der Waals surface area contributed by atoms with E-state index >= 15 is 0 Å². The fraction of sp³-hybridized carbons (Fsp3) is 0.619. The lowest BCUT2D eigenvalue weighted by atomic mass is 9.97. The number of fused-ring (bicyclic) bond motifs is 1. The maximum absolute atomic E-state index is 12.2. The lowest BCUT2D eigenvalue weighted by Gasteiger charge is -2.24. The third kappa shape index (κ3) is 4.79. The highest BCUT2D eigenvalue weighted by molar-refractivity contribution is 14.0. The molecule has 1 aromatic rings. The third-order valence-electron chi connectivity index (χ3n) is 6.26. The van der Waals surface area contributed by atoms with Gasteiger partial charge in [0.15, 0.2) is 5.96 Å². The third-order valence-corrected chi connectivity index (χ3v) is 6.26. The number of aliphatic imine (C=N–C) groups is 1. The normalized spacial score (nSPS) is 25.3. The van der Waals surface area contributed by atoms with E-state index in [0.717, 1.165) is 42.8 Å². The van der Waals surface area contributed by atoms with E-state index in [4.69, 9.17) is 0 Å². The molecule has 2 aliphatic heterocycles. The average molecular weight is 497 g/mol. The fourth-order valence-corrected chi connectivity index (χ4v) is 4.79. The van der Waals surface area contributed by atoms with Crippen LogP contribution < -0.4 is 16.0 Å². The molecule has 0 radical (unpaired) electrons. The molecule has 0 aromatic heterocycles. The molecule has 4 rings (SSSR count). The van der Waals surface area contributed by atoms with Crippen molar-refractivity contribution in [1.82, 2.24) is 15.5 Å². The summed E-state index contributed by atoms with van der Waals surface area (Å²) in [4.78, 5) is 19.3. The second kappa shape index (κ2) is 9.91. The van der Waals surface area contributed by atoms with Crippen molar-refractivity contribution in [1.29, 1.82) is 0 Å². The Bertz CT molecular complexity index is 704. The van der Waals surface area contributed by atoms with E-state index in [1.165, 1.54) is 38.6 Å². The molecule has 3 aliphatic rings. The zero-order valence-electron chi connectivity index (χ0n) is 16.6. The second-order valence-electron chi connectivity index (χ2n) is 7.98. The molecule has 1 saturated heterocycles. The topological polar surface area (TPSA) is 68.8 Å². The van der Waals surface area contributed by atoms with Crippen LogP contribution in [0.2, 0.25) is 0 Å². The SMILES string of the molecule is CN=C(NCCC1C(=O)Nc2ccccc21)NC1CCN(C2CCCC2)C1.I. The first-order chi connectivity index (χ1) is 13.2. The molecule has 2 fully saturated rings. The monoisotopic (exact) mass is 497 g/mol. The average Bonchev–Trinajstić information content (AvgIpc) is 3.41. The molecule has 1 amide bonds. The zero-order chi connectivity index (χ0) is 18.6. The van der Waals surface area contributed by atoms with Crippen molar-refractivity contribution in [2.75, 3.05) is 32.0 Å². The van der Waals surface area contributed by atoms with Crippen LogP contribution in [0.3, 0.4) is 0 Å². The molecule has 7 heteroatoms. The smallest absolute Gasteiger partial charge is 0.232 e. The van der Waals surface area contributed by atoms with Crippen LogP contribution in [-0.2, 0) is 4.79 Å². The van der Waals surface area contributed by atoms with Crippen molar-refractivity contribution < 1.29 is 4.79 Å². The Morgan fingerprint density at radius 1 is 1.25 bits per heavy atom. The molecular weight excluding hydrogens is 465 g/mol. The summed E-state index contributed by atoms with van der Waals surface area (Å²) in [5, 5.41) is 9.94. The molecule has 2 heterocycles. The summed E-state index contributed by atoms with van der Waals surface area (Å²) in [6.07, 6.45) is 7.45. The number of rotatable bonds is 5. The number of likely N-dealkylation sites (tertiary alicyclic amines) is 1. The van der Waals surface area contributed by atoms with Gasteiger partial charge in [-0.05, 0) is 37.3 Å². The molecule has 2 atom stereocenters. The largest absolute Gasteiger partial charge is 0.356 e. The fourth-order valence-electron chi connectivity index (χ4n) is 4.79. The molecule has 28 heavy (non-hydrogen) atoms. The van der Waals surface area contributed by atoms with Crippen LogP contribution in [0.4, 0.5) is 5.69 Å². The van der Waals surface area contributed by atoms with E-state index in [0.29, 0.717) is 6.04 Å². The molecule has 1 aromatic carbocycles. The number of para-hydroxylation sites is 1. The van der Waals surface area contributed by atoms with Crippen molar-refractivity contribution >= 4 is 41.5 Å². The Balaban J connectivity index is 0.00000225. The number of carbonyl (C=O) groups excluding carboxylic acids is 1. The quantitative estimate of drug-likeness (QED) is 0.333. The Labute approximate surface area is 184 Å². The number of halogens is 1. The molecule has 0 bridgehead atoms. The summed E-state index contributed by atoms with van der Waals surface area (Å²) in [6, 6.07) is 9.23. The van der Waals surface area contributed by atoms with Crippen LogP contribution >= 0.6 is 24.0 Å². The molecule has 2 unspecified atom stereocenters. The molecule has 3 N–H and O–H groups in total. The predicted molar refractivity (Wildman–Crippen MR) is 125 cm³/mol. The lowest BCUT2D eigenvalue weighted by Crippen LogP contribution is -2.45. The molecule has 1 saturated carbocycles. The van der Waals surface area contributed by atoms with Gasteiger partial charge in [0.05, 0.1) is 5.92 Å². The first-order valence-corrected chi connectivity index (χ1v) is 10.4. The van der Waals surface area contributed by atoms with Crippen molar-refractivity contribution in [3.8, 4) is 0 Å². The number of anilines is 1. The molecular formula is C21H32IN5O. The van der Waals surface area contributed by atoms with E-state index in [9.17, 15) is 4.79 Å². The Kier molecular flexibility index (Phi) is 7.56. The number of hydrogen-bond acceptors (Lipinski definition) is 3. The van der Waals surface area contributed by atoms with Gasteiger partial charge in [-0.3, -0.25) is 14.7 Å². The minimum Gasteiger partial charge on any atom is -0.356 e. The maximum atomic E-state index is 12.2. The molecule has 6 nitrogen and oxygen atoms in total. The summed E-state index contributed by atoms with van der Waals surface area (Å²) in [5.74, 6) is 0.875. The van der Waals surface area contributed by atoms with Crippen LogP contribution in [0.1, 0.15) is 50.0 Å². The molecule has 0 spiro atoms. The minimum absolute atomic E-state index is 0. The van der Waals surface area contributed by atoms with E-state index in [2.05, 4.69) is 25.8 Å². The summed E-state index contributed by atoms with van der Waals surface area (Å²) in [7, 11) is 1.82. The number of nitrogens with zero attached hydrogens (tertiary/aromatic N) is 2. The van der Waals surface area contributed by atoms with E-state index in [1.54, 1.807) is 0 Å². The number of benzene rings is 1. The first kappa shape index (κ1) is 21.4.